The molecule has 2 aromatic carbocycles. The van der Waals surface area contributed by atoms with Crippen LogP contribution in [0, 0.1) is 19.7 Å². The van der Waals surface area contributed by atoms with Gasteiger partial charge in [0.05, 0.1) is 6.54 Å². The van der Waals surface area contributed by atoms with Crippen molar-refractivity contribution in [1.82, 2.24) is 30.0 Å². The van der Waals surface area contributed by atoms with Crippen LogP contribution in [0.5, 0.6) is 0 Å². The molecule has 0 aliphatic carbocycles. The lowest BCUT2D eigenvalue weighted by Crippen LogP contribution is -2.40. The predicted octanol–water partition coefficient (Wildman–Crippen LogP) is 4.66. The number of benzene rings is 2. The maximum Gasteiger partial charge on any atom is 0.260 e. The summed E-state index contributed by atoms with van der Waals surface area (Å²) in [7, 11) is 0. The molecule has 12 heteroatoms. The van der Waals surface area contributed by atoms with E-state index in [2.05, 4.69) is 30.7 Å². The molecule has 1 aliphatic rings. The Labute approximate surface area is 238 Å². The first kappa shape index (κ1) is 26.6. The van der Waals surface area contributed by atoms with Crippen LogP contribution in [0.25, 0.3) is 33.5 Å². The third-order valence-electron chi connectivity index (χ3n) is 7.12. The van der Waals surface area contributed by atoms with Gasteiger partial charge < -0.3 is 15.2 Å². The molecular formula is C29H25ClFN7O3. The second-order valence-corrected chi connectivity index (χ2v) is 10.4. The molecule has 1 aliphatic heterocycles. The SMILES string of the molecule is Cc1nc(-c2ccc(-c3cc4cnc(NC5CCNC(=O)C5)nc4n(Cc4c(C)cccc4F)c3=O)c(Cl)c2)no1. The summed E-state index contributed by atoms with van der Waals surface area (Å²) in [4.78, 5) is 39.3. The van der Waals surface area contributed by atoms with Gasteiger partial charge in [-0.1, -0.05) is 41.0 Å². The van der Waals surface area contributed by atoms with Crippen molar-refractivity contribution in [2.24, 2.45) is 0 Å². The van der Waals surface area contributed by atoms with E-state index in [1.807, 2.05) is 0 Å². The van der Waals surface area contributed by atoms with E-state index in [0.29, 0.717) is 75.0 Å². The molecule has 5 aromatic rings. The molecule has 2 N–H and O–H groups in total. The number of carbonyl (C=O) groups excluding carboxylic acids is 1. The molecule has 1 atom stereocenters. The highest BCUT2D eigenvalue weighted by Gasteiger charge is 2.22. The number of aromatic nitrogens is 5. The fourth-order valence-corrected chi connectivity index (χ4v) is 5.25. The van der Waals surface area contributed by atoms with E-state index in [4.69, 9.17) is 16.1 Å². The normalized spacial score (nSPS) is 15.2. The summed E-state index contributed by atoms with van der Waals surface area (Å²) < 4.78 is 21.5. The van der Waals surface area contributed by atoms with Crippen LogP contribution in [-0.2, 0) is 11.3 Å². The lowest BCUT2D eigenvalue weighted by Gasteiger charge is -2.23. The van der Waals surface area contributed by atoms with Crippen LogP contribution in [0.1, 0.15) is 29.9 Å². The number of rotatable bonds is 6. The summed E-state index contributed by atoms with van der Waals surface area (Å²) in [6.07, 6.45) is 2.61. The highest BCUT2D eigenvalue weighted by Crippen LogP contribution is 2.31. The highest BCUT2D eigenvalue weighted by molar-refractivity contribution is 6.33. The van der Waals surface area contributed by atoms with Crippen molar-refractivity contribution in [2.75, 3.05) is 11.9 Å². The molecule has 208 valence electrons. The van der Waals surface area contributed by atoms with Crippen molar-refractivity contribution in [3.63, 3.8) is 0 Å². The molecule has 1 fully saturated rings. The average Bonchev–Trinajstić information content (AvgIpc) is 3.38. The van der Waals surface area contributed by atoms with Crippen LogP contribution in [0.4, 0.5) is 10.3 Å². The van der Waals surface area contributed by atoms with Crippen LogP contribution in [0.2, 0.25) is 5.02 Å². The van der Waals surface area contributed by atoms with E-state index in [9.17, 15) is 14.0 Å². The lowest BCUT2D eigenvalue weighted by atomic mass is 10.0. The Morgan fingerprint density at radius 1 is 1.15 bits per heavy atom. The summed E-state index contributed by atoms with van der Waals surface area (Å²) in [5.74, 6) is 0.603. The van der Waals surface area contributed by atoms with Crippen molar-refractivity contribution < 1.29 is 13.7 Å². The standard InChI is InChI=1S/C29H25ClFN7O3/c1-15-4-3-5-24(31)22(15)14-38-27-18(13-33-29(36-27)35-19-8-9-32-25(39)12-19)10-21(28(38)40)20-7-6-17(11-23(20)30)26-34-16(2)41-37-26/h3-7,10-11,13,19H,8-9,12,14H2,1-2H3,(H,32,39)(H,33,35,36). The monoisotopic (exact) mass is 573 g/mol. The van der Waals surface area contributed by atoms with E-state index in [0.717, 1.165) is 0 Å². The second-order valence-electron chi connectivity index (χ2n) is 9.97. The van der Waals surface area contributed by atoms with Crippen LogP contribution < -0.4 is 16.2 Å². The zero-order valence-corrected chi connectivity index (χ0v) is 23.0. The largest absolute Gasteiger partial charge is 0.356 e. The van der Waals surface area contributed by atoms with Crippen molar-refractivity contribution in [1.29, 1.82) is 0 Å². The molecule has 10 nitrogen and oxygen atoms in total. The van der Waals surface area contributed by atoms with E-state index in [1.54, 1.807) is 56.4 Å². The fourth-order valence-electron chi connectivity index (χ4n) is 4.97. The Balaban J connectivity index is 1.48. The maximum absolute atomic E-state index is 14.9. The quantitative estimate of drug-likeness (QED) is 0.300. The first-order valence-electron chi connectivity index (χ1n) is 13.1. The summed E-state index contributed by atoms with van der Waals surface area (Å²) in [6, 6.07) is 11.5. The number of amides is 1. The molecule has 3 aromatic heterocycles. The van der Waals surface area contributed by atoms with E-state index < -0.39 is 11.4 Å². The van der Waals surface area contributed by atoms with Crippen LogP contribution in [-0.4, -0.2) is 43.2 Å². The van der Waals surface area contributed by atoms with Crippen molar-refractivity contribution in [2.45, 2.75) is 39.3 Å². The van der Waals surface area contributed by atoms with Gasteiger partial charge in [-0.3, -0.25) is 14.2 Å². The third-order valence-corrected chi connectivity index (χ3v) is 7.43. The highest BCUT2D eigenvalue weighted by atomic mass is 35.5. The third kappa shape index (κ3) is 5.28. The number of hydrogen-bond donors (Lipinski definition) is 2. The Hall–Kier alpha value is -4.64. The maximum atomic E-state index is 14.9. The van der Waals surface area contributed by atoms with Crippen molar-refractivity contribution in [3.05, 3.63) is 86.9 Å². The first-order chi connectivity index (χ1) is 19.8. The van der Waals surface area contributed by atoms with Crippen molar-refractivity contribution in [3.8, 4) is 22.5 Å². The van der Waals surface area contributed by atoms with Gasteiger partial charge in [-0.25, -0.2) is 9.37 Å². The van der Waals surface area contributed by atoms with Gasteiger partial charge in [0.15, 0.2) is 0 Å². The van der Waals surface area contributed by atoms with Gasteiger partial charge in [0, 0.05) is 64.8 Å². The van der Waals surface area contributed by atoms with Crippen LogP contribution >= 0.6 is 11.6 Å². The average molecular weight is 574 g/mol. The number of piperidine rings is 1. The fraction of sp³-hybridized carbons (Fsp3) is 0.241. The number of nitrogens with zero attached hydrogens (tertiary/aromatic N) is 5. The zero-order valence-electron chi connectivity index (χ0n) is 22.2. The number of nitrogens with one attached hydrogen (secondary N) is 2. The molecule has 1 amide bonds. The number of fused-ring (bicyclic) bond motifs is 1. The van der Waals surface area contributed by atoms with Gasteiger partial charge in [-0.2, -0.15) is 9.97 Å². The van der Waals surface area contributed by atoms with Crippen LogP contribution in [0.3, 0.4) is 0 Å². The number of carbonyl (C=O) groups is 1. The van der Waals surface area contributed by atoms with Gasteiger partial charge in [0.2, 0.25) is 23.6 Å². The van der Waals surface area contributed by atoms with E-state index >= 15 is 0 Å². The molecular weight excluding hydrogens is 549 g/mol. The lowest BCUT2D eigenvalue weighted by molar-refractivity contribution is -0.122. The topological polar surface area (TPSA) is 128 Å². The van der Waals surface area contributed by atoms with E-state index in [1.165, 1.54) is 10.6 Å². The Bertz CT molecular complexity index is 1850. The summed E-state index contributed by atoms with van der Waals surface area (Å²) >= 11 is 6.68. The minimum atomic E-state index is -0.422. The number of hydrogen-bond acceptors (Lipinski definition) is 8. The summed E-state index contributed by atoms with van der Waals surface area (Å²) in [5.41, 5.74) is 2.43. The second kappa shape index (κ2) is 10.7. The Morgan fingerprint density at radius 3 is 2.73 bits per heavy atom. The van der Waals surface area contributed by atoms with Crippen molar-refractivity contribution >= 4 is 34.5 Å². The molecule has 41 heavy (non-hydrogen) atoms. The zero-order chi connectivity index (χ0) is 28.7. The number of halogens is 2. The minimum absolute atomic E-state index is 0.0523. The predicted molar refractivity (Wildman–Crippen MR) is 152 cm³/mol. The van der Waals surface area contributed by atoms with Crippen LogP contribution in [0.15, 0.2) is 58.0 Å². The molecule has 4 heterocycles. The molecule has 0 spiro atoms. The number of pyridine rings is 1. The van der Waals surface area contributed by atoms with Gasteiger partial charge in [0.25, 0.3) is 5.56 Å². The molecule has 6 rings (SSSR count). The molecule has 0 bridgehead atoms. The smallest absolute Gasteiger partial charge is 0.260 e. The molecule has 0 saturated carbocycles. The van der Waals surface area contributed by atoms with Gasteiger partial charge in [-0.15, -0.1) is 0 Å². The van der Waals surface area contributed by atoms with Gasteiger partial charge >= 0.3 is 0 Å². The number of aryl methyl sites for hydroxylation is 2. The molecule has 0 radical (unpaired) electrons. The Kier molecular flexibility index (Phi) is 6.96. The first-order valence-corrected chi connectivity index (χ1v) is 13.4. The Morgan fingerprint density at radius 2 is 2.00 bits per heavy atom. The number of anilines is 1. The minimum Gasteiger partial charge on any atom is -0.356 e. The summed E-state index contributed by atoms with van der Waals surface area (Å²) in [6.45, 7) is 3.98. The van der Waals surface area contributed by atoms with Gasteiger partial charge in [-0.05, 0) is 37.1 Å². The summed E-state index contributed by atoms with van der Waals surface area (Å²) in [5, 5.41) is 10.8. The molecule has 1 unspecified atom stereocenters. The molecule has 1 saturated heterocycles. The van der Waals surface area contributed by atoms with E-state index in [-0.39, 0.29) is 24.4 Å². The van der Waals surface area contributed by atoms with Gasteiger partial charge in [0.1, 0.15) is 11.5 Å².